The van der Waals surface area contributed by atoms with Crippen LogP contribution in [0.4, 0.5) is 0 Å². The maximum Gasteiger partial charge on any atom is 0.181 e. The zero-order valence-electron chi connectivity index (χ0n) is 4.43. The lowest BCUT2D eigenvalue weighted by atomic mass is 10.4. The van der Waals surface area contributed by atoms with E-state index in [0.29, 0.717) is 0 Å². The molecule has 0 N–H and O–H groups in total. The third-order valence-corrected chi connectivity index (χ3v) is 0.985. The molecule has 0 amide bonds. The van der Waals surface area contributed by atoms with Crippen molar-refractivity contribution < 1.29 is 4.42 Å². The van der Waals surface area contributed by atoms with E-state index in [-0.39, 0.29) is 0 Å². The molecule has 1 aromatic heterocycles. The summed E-state index contributed by atoms with van der Waals surface area (Å²) in [7, 11) is 0. The number of aryl methyl sites for hydroxylation is 2. The topological polar surface area (TPSA) is 26.0 Å². The Morgan fingerprint density at radius 3 is 2.43 bits per heavy atom. The van der Waals surface area contributed by atoms with Crippen LogP contribution in [0, 0.1) is 13.8 Å². The number of hydrogen-bond donors (Lipinski definition) is 0. The molecule has 0 atom stereocenters. The Morgan fingerprint density at radius 2 is 2.29 bits per heavy atom. The molecule has 0 fully saturated rings. The molecule has 0 aliphatic rings. The molecular weight excluding hydrogens is 90.1 g/mol. The van der Waals surface area contributed by atoms with E-state index in [9.17, 15) is 0 Å². The van der Waals surface area contributed by atoms with E-state index in [4.69, 9.17) is 4.42 Å². The maximum absolute atomic E-state index is 4.85. The Balaban J connectivity index is 3.12. The van der Waals surface area contributed by atoms with Gasteiger partial charge in [0.15, 0.2) is 6.39 Å². The second-order valence-electron chi connectivity index (χ2n) is 1.49. The lowest BCUT2D eigenvalue weighted by Crippen LogP contribution is -1.69. The molecule has 0 radical (unpaired) electrons. The highest BCUT2D eigenvalue weighted by atomic mass is 16.3. The number of aromatic nitrogens is 1. The summed E-state index contributed by atoms with van der Waals surface area (Å²) in [6, 6.07) is 0. The van der Waals surface area contributed by atoms with Crippen LogP contribution in [0.1, 0.15) is 11.5 Å². The Kier molecular flexibility index (Phi) is 0.855. The molecule has 0 aliphatic heterocycles. The second kappa shape index (κ2) is 1.37. The van der Waals surface area contributed by atoms with Gasteiger partial charge in [0.1, 0.15) is 5.76 Å². The SMILES string of the molecule is Cc1ncoc1C. The summed E-state index contributed by atoms with van der Waals surface area (Å²) in [5, 5.41) is 0. The molecule has 0 saturated heterocycles. The van der Waals surface area contributed by atoms with Gasteiger partial charge < -0.3 is 4.42 Å². The van der Waals surface area contributed by atoms with E-state index >= 15 is 0 Å². The van der Waals surface area contributed by atoms with Crippen molar-refractivity contribution in [1.29, 1.82) is 0 Å². The van der Waals surface area contributed by atoms with Crippen molar-refractivity contribution in [1.82, 2.24) is 4.98 Å². The highest BCUT2D eigenvalue weighted by Crippen LogP contribution is 1.99. The van der Waals surface area contributed by atoms with Crippen LogP contribution in [0.2, 0.25) is 0 Å². The van der Waals surface area contributed by atoms with Gasteiger partial charge >= 0.3 is 0 Å². The summed E-state index contributed by atoms with van der Waals surface area (Å²) in [4.78, 5) is 3.85. The fourth-order valence-electron chi connectivity index (χ4n) is 0.361. The third-order valence-electron chi connectivity index (χ3n) is 0.985. The number of nitrogens with zero attached hydrogens (tertiary/aromatic N) is 1. The van der Waals surface area contributed by atoms with E-state index < -0.39 is 0 Å². The molecule has 38 valence electrons. The summed E-state index contributed by atoms with van der Waals surface area (Å²) in [5.74, 6) is 0.903. The van der Waals surface area contributed by atoms with E-state index in [2.05, 4.69) is 4.98 Å². The summed E-state index contributed by atoms with van der Waals surface area (Å²) in [6.45, 7) is 3.81. The smallest absolute Gasteiger partial charge is 0.181 e. The lowest BCUT2D eigenvalue weighted by Gasteiger charge is -1.76. The van der Waals surface area contributed by atoms with Gasteiger partial charge in [0.25, 0.3) is 0 Å². The third kappa shape index (κ3) is 0.633. The fourth-order valence-corrected chi connectivity index (χ4v) is 0.361. The quantitative estimate of drug-likeness (QED) is 0.487. The van der Waals surface area contributed by atoms with Crippen molar-refractivity contribution in [3.05, 3.63) is 17.8 Å². The van der Waals surface area contributed by atoms with Gasteiger partial charge in [-0.2, -0.15) is 0 Å². The summed E-state index contributed by atoms with van der Waals surface area (Å²) in [5.41, 5.74) is 0.972. The Hall–Kier alpha value is -0.790. The number of hydrogen-bond acceptors (Lipinski definition) is 2. The maximum atomic E-state index is 4.85. The summed E-state index contributed by atoms with van der Waals surface area (Å²) in [6.07, 6.45) is 1.45. The van der Waals surface area contributed by atoms with Crippen molar-refractivity contribution in [2.75, 3.05) is 0 Å². The van der Waals surface area contributed by atoms with Crippen molar-refractivity contribution >= 4 is 0 Å². The zero-order chi connectivity index (χ0) is 5.28. The lowest BCUT2D eigenvalue weighted by molar-refractivity contribution is 0.525. The molecule has 0 spiro atoms. The minimum absolute atomic E-state index is 0.903. The normalized spacial score (nSPS) is 9.43. The van der Waals surface area contributed by atoms with Crippen LogP contribution in [0.5, 0.6) is 0 Å². The first kappa shape index (κ1) is 4.37. The molecular formula is C5H7NO. The van der Waals surface area contributed by atoms with Crippen molar-refractivity contribution in [2.45, 2.75) is 13.8 Å². The van der Waals surface area contributed by atoms with Gasteiger partial charge in [0, 0.05) is 0 Å². The van der Waals surface area contributed by atoms with Gasteiger partial charge in [-0.1, -0.05) is 0 Å². The molecule has 0 bridgehead atoms. The predicted molar refractivity (Wildman–Crippen MR) is 26.0 cm³/mol. The minimum Gasteiger partial charge on any atom is -0.449 e. The molecule has 7 heavy (non-hydrogen) atoms. The molecule has 0 aliphatic carbocycles. The molecule has 1 aromatic rings. The van der Waals surface area contributed by atoms with Gasteiger partial charge in [-0.25, -0.2) is 4.98 Å². The van der Waals surface area contributed by atoms with Crippen LogP contribution < -0.4 is 0 Å². The van der Waals surface area contributed by atoms with E-state index in [1.807, 2.05) is 13.8 Å². The standard InChI is InChI=1S/C5H7NO/c1-4-5(2)7-3-6-4/h3H,1-2H3. The van der Waals surface area contributed by atoms with Gasteiger partial charge in [-0.05, 0) is 13.8 Å². The van der Waals surface area contributed by atoms with Crippen LogP contribution >= 0.6 is 0 Å². The molecule has 0 saturated carbocycles. The average Bonchev–Trinajstić information content (AvgIpc) is 1.91. The average molecular weight is 97.1 g/mol. The van der Waals surface area contributed by atoms with Crippen molar-refractivity contribution in [2.24, 2.45) is 0 Å². The molecule has 0 aromatic carbocycles. The van der Waals surface area contributed by atoms with E-state index in [1.54, 1.807) is 0 Å². The number of oxazole rings is 1. The molecule has 2 nitrogen and oxygen atoms in total. The number of rotatable bonds is 0. The van der Waals surface area contributed by atoms with E-state index in [1.165, 1.54) is 6.39 Å². The Bertz CT molecular complexity index is 140. The predicted octanol–water partition coefficient (Wildman–Crippen LogP) is 1.29. The fraction of sp³-hybridized carbons (Fsp3) is 0.400. The van der Waals surface area contributed by atoms with Gasteiger partial charge in [0.05, 0.1) is 5.69 Å². The second-order valence-corrected chi connectivity index (χ2v) is 1.49. The van der Waals surface area contributed by atoms with Crippen molar-refractivity contribution in [3.8, 4) is 0 Å². The zero-order valence-corrected chi connectivity index (χ0v) is 4.43. The van der Waals surface area contributed by atoms with Gasteiger partial charge in [0.2, 0.25) is 0 Å². The minimum atomic E-state index is 0.903. The monoisotopic (exact) mass is 97.1 g/mol. The highest BCUT2D eigenvalue weighted by molar-refractivity contribution is 5.00. The summed E-state index contributed by atoms with van der Waals surface area (Å²) >= 11 is 0. The van der Waals surface area contributed by atoms with Crippen LogP contribution in [0.15, 0.2) is 10.8 Å². The first-order chi connectivity index (χ1) is 3.30. The first-order valence-corrected chi connectivity index (χ1v) is 2.17. The first-order valence-electron chi connectivity index (χ1n) is 2.17. The largest absolute Gasteiger partial charge is 0.449 e. The van der Waals surface area contributed by atoms with Gasteiger partial charge in [-0.3, -0.25) is 0 Å². The van der Waals surface area contributed by atoms with Crippen LogP contribution in [-0.4, -0.2) is 4.98 Å². The molecule has 0 unspecified atom stereocenters. The van der Waals surface area contributed by atoms with Gasteiger partial charge in [-0.15, -0.1) is 0 Å². The Morgan fingerprint density at radius 1 is 1.57 bits per heavy atom. The molecule has 1 heterocycles. The van der Waals surface area contributed by atoms with Crippen molar-refractivity contribution in [3.63, 3.8) is 0 Å². The molecule has 2 heteroatoms. The van der Waals surface area contributed by atoms with Crippen LogP contribution in [-0.2, 0) is 0 Å². The molecule has 1 rings (SSSR count). The van der Waals surface area contributed by atoms with Crippen LogP contribution in [0.3, 0.4) is 0 Å². The Labute approximate surface area is 42.2 Å². The summed E-state index contributed by atoms with van der Waals surface area (Å²) < 4.78 is 4.85. The van der Waals surface area contributed by atoms with Crippen LogP contribution in [0.25, 0.3) is 0 Å². The highest BCUT2D eigenvalue weighted by Gasteiger charge is 1.90. The van der Waals surface area contributed by atoms with E-state index in [0.717, 1.165) is 11.5 Å².